The zero-order valence-electron chi connectivity index (χ0n) is 18.1. The Morgan fingerprint density at radius 1 is 1.42 bits per heavy atom. The SMILES string of the molecule is COC(=O)c1c(NC(=O)CSc2nc(CSC(C)C)cc(=O)[nH]2)sc2c1CCC(C)C2. The molecule has 0 fully saturated rings. The van der Waals surface area contributed by atoms with Gasteiger partial charge in [0.05, 0.1) is 24.1 Å². The second kappa shape index (κ2) is 10.7. The third kappa shape index (κ3) is 6.36. The van der Waals surface area contributed by atoms with Gasteiger partial charge in [0, 0.05) is 16.7 Å². The summed E-state index contributed by atoms with van der Waals surface area (Å²) in [7, 11) is 1.35. The van der Waals surface area contributed by atoms with Gasteiger partial charge < -0.3 is 15.0 Å². The molecule has 1 aliphatic carbocycles. The summed E-state index contributed by atoms with van der Waals surface area (Å²) >= 11 is 4.32. The number of methoxy groups -OCH3 is 1. The molecule has 2 heterocycles. The van der Waals surface area contributed by atoms with Crippen LogP contribution in [0.25, 0.3) is 0 Å². The largest absolute Gasteiger partial charge is 0.465 e. The van der Waals surface area contributed by atoms with Gasteiger partial charge in [-0.1, -0.05) is 32.5 Å². The van der Waals surface area contributed by atoms with Crippen LogP contribution in [0.5, 0.6) is 0 Å². The van der Waals surface area contributed by atoms with Gasteiger partial charge in [-0.3, -0.25) is 9.59 Å². The average Bonchev–Trinajstić information content (AvgIpc) is 3.06. The van der Waals surface area contributed by atoms with Gasteiger partial charge in [-0.2, -0.15) is 11.8 Å². The molecule has 1 amide bonds. The number of ether oxygens (including phenoxy) is 1. The van der Waals surface area contributed by atoms with Crippen molar-refractivity contribution in [1.29, 1.82) is 0 Å². The van der Waals surface area contributed by atoms with Gasteiger partial charge in [-0.05, 0) is 36.0 Å². The van der Waals surface area contributed by atoms with Crippen molar-refractivity contribution in [1.82, 2.24) is 9.97 Å². The van der Waals surface area contributed by atoms with Crippen molar-refractivity contribution in [3.63, 3.8) is 0 Å². The lowest BCUT2D eigenvalue weighted by atomic mass is 9.88. The molecule has 0 bridgehead atoms. The molecule has 7 nitrogen and oxygen atoms in total. The highest BCUT2D eigenvalue weighted by atomic mass is 32.2. The number of nitrogens with one attached hydrogen (secondary N) is 2. The first-order chi connectivity index (χ1) is 14.8. The fraction of sp³-hybridized carbons (Fsp3) is 0.524. The number of aromatic amines is 1. The molecule has 3 rings (SSSR count). The Bertz CT molecular complexity index is 1020. The number of rotatable bonds is 8. The van der Waals surface area contributed by atoms with Crippen LogP contribution >= 0.6 is 34.9 Å². The molecule has 0 saturated carbocycles. The lowest BCUT2D eigenvalue weighted by Crippen LogP contribution is -2.18. The number of carbonyl (C=O) groups excluding carboxylic acids is 2. The Morgan fingerprint density at radius 3 is 2.90 bits per heavy atom. The third-order valence-electron chi connectivity index (χ3n) is 4.83. The quantitative estimate of drug-likeness (QED) is 0.332. The van der Waals surface area contributed by atoms with Crippen LogP contribution in [0.4, 0.5) is 5.00 Å². The Morgan fingerprint density at radius 2 is 2.19 bits per heavy atom. The lowest BCUT2D eigenvalue weighted by molar-refractivity contribution is -0.113. The van der Waals surface area contributed by atoms with Gasteiger partial charge in [0.1, 0.15) is 5.00 Å². The molecule has 2 N–H and O–H groups in total. The van der Waals surface area contributed by atoms with Crippen molar-refractivity contribution >= 4 is 51.7 Å². The van der Waals surface area contributed by atoms with Crippen molar-refractivity contribution in [2.45, 2.75) is 56.2 Å². The Kier molecular flexibility index (Phi) is 8.23. The van der Waals surface area contributed by atoms with Gasteiger partial charge in [-0.25, -0.2) is 9.78 Å². The van der Waals surface area contributed by atoms with Crippen LogP contribution in [0.1, 0.15) is 53.7 Å². The maximum Gasteiger partial charge on any atom is 0.341 e. The van der Waals surface area contributed by atoms with Crippen LogP contribution in [0, 0.1) is 5.92 Å². The predicted octanol–water partition coefficient (Wildman–Crippen LogP) is 4.12. The van der Waals surface area contributed by atoms with Crippen LogP contribution in [-0.2, 0) is 28.1 Å². The number of aromatic nitrogens is 2. The summed E-state index contributed by atoms with van der Waals surface area (Å²) in [6.07, 6.45) is 2.73. The molecule has 10 heteroatoms. The highest BCUT2D eigenvalue weighted by Crippen LogP contribution is 2.40. The minimum atomic E-state index is -0.420. The summed E-state index contributed by atoms with van der Waals surface area (Å²) in [5.74, 6) is 0.592. The Balaban J connectivity index is 1.69. The second-order valence-corrected chi connectivity index (χ2v) is 11.4. The minimum absolute atomic E-state index is 0.0727. The van der Waals surface area contributed by atoms with Gasteiger partial charge in [-0.15, -0.1) is 11.3 Å². The molecule has 1 unspecified atom stereocenters. The van der Waals surface area contributed by atoms with Gasteiger partial charge in [0.2, 0.25) is 5.91 Å². The van der Waals surface area contributed by atoms with E-state index in [9.17, 15) is 14.4 Å². The number of thioether (sulfide) groups is 2. The van der Waals surface area contributed by atoms with Crippen LogP contribution in [-0.4, -0.2) is 40.0 Å². The summed E-state index contributed by atoms with van der Waals surface area (Å²) in [5.41, 5.74) is 1.94. The smallest absolute Gasteiger partial charge is 0.341 e. The number of hydrogen-bond acceptors (Lipinski definition) is 8. The predicted molar refractivity (Wildman–Crippen MR) is 127 cm³/mol. The molecule has 31 heavy (non-hydrogen) atoms. The molecular weight excluding hydrogens is 454 g/mol. The van der Waals surface area contributed by atoms with Crippen LogP contribution < -0.4 is 10.9 Å². The minimum Gasteiger partial charge on any atom is -0.465 e. The fourth-order valence-corrected chi connectivity index (χ4v) is 6.09. The maximum absolute atomic E-state index is 12.6. The van der Waals surface area contributed by atoms with E-state index in [4.69, 9.17) is 4.74 Å². The molecule has 0 aliphatic heterocycles. The summed E-state index contributed by atoms with van der Waals surface area (Å²) < 4.78 is 4.96. The topological polar surface area (TPSA) is 101 Å². The molecule has 0 saturated heterocycles. The van der Waals surface area contributed by atoms with Crippen LogP contribution in [0.2, 0.25) is 0 Å². The molecule has 168 valence electrons. The van der Waals surface area contributed by atoms with E-state index in [2.05, 4.69) is 36.1 Å². The average molecular weight is 482 g/mol. The van der Waals surface area contributed by atoms with E-state index < -0.39 is 5.97 Å². The normalized spacial score (nSPS) is 15.6. The van der Waals surface area contributed by atoms with Gasteiger partial charge in [0.25, 0.3) is 5.56 Å². The number of H-pyrrole nitrogens is 1. The molecule has 1 aliphatic rings. The summed E-state index contributed by atoms with van der Waals surface area (Å²) in [6, 6.07) is 1.49. The Labute approximate surface area is 194 Å². The zero-order chi connectivity index (χ0) is 22.5. The van der Waals surface area contributed by atoms with Crippen LogP contribution in [0.3, 0.4) is 0 Å². The van der Waals surface area contributed by atoms with Gasteiger partial charge in [0.15, 0.2) is 5.16 Å². The van der Waals surface area contributed by atoms with Crippen LogP contribution in [0.15, 0.2) is 16.0 Å². The molecule has 2 aromatic rings. The van der Waals surface area contributed by atoms with Crippen molar-refractivity contribution < 1.29 is 14.3 Å². The number of hydrogen-bond donors (Lipinski definition) is 2. The first-order valence-electron chi connectivity index (χ1n) is 10.1. The number of fused-ring (bicyclic) bond motifs is 1. The van der Waals surface area contributed by atoms with Crippen molar-refractivity contribution in [3.8, 4) is 0 Å². The highest BCUT2D eigenvalue weighted by molar-refractivity contribution is 7.99. The van der Waals surface area contributed by atoms with E-state index in [0.717, 1.165) is 29.7 Å². The molecule has 1 atom stereocenters. The monoisotopic (exact) mass is 481 g/mol. The molecule has 2 aromatic heterocycles. The first kappa shape index (κ1) is 23.9. The van der Waals surface area contributed by atoms with E-state index in [1.54, 1.807) is 11.8 Å². The number of carbonyl (C=O) groups is 2. The number of esters is 1. The number of nitrogens with zero attached hydrogens (tertiary/aromatic N) is 1. The summed E-state index contributed by atoms with van der Waals surface area (Å²) in [4.78, 5) is 45.1. The lowest BCUT2D eigenvalue weighted by Gasteiger charge is -2.18. The second-order valence-electron chi connectivity index (χ2n) is 7.79. The zero-order valence-corrected chi connectivity index (χ0v) is 20.5. The fourth-order valence-electron chi connectivity index (χ4n) is 3.33. The van der Waals surface area contributed by atoms with E-state index in [-0.39, 0.29) is 17.2 Å². The first-order valence-corrected chi connectivity index (χ1v) is 13.0. The van der Waals surface area contributed by atoms with E-state index in [0.29, 0.717) is 38.3 Å². The van der Waals surface area contributed by atoms with E-state index in [1.807, 2.05) is 0 Å². The Hall–Kier alpha value is -1.78. The standard InChI is InChI=1S/C21H27N3O4S3/c1-11(2)29-9-13-8-16(25)24-21(22-13)30-10-17(26)23-19-18(20(27)28-4)14-6-5-12(3)7-15(14)31-19/h8,11-12H,5-7,9-10H2,1-4H3,(H,23,26)(H,22,24,25). The molecule has 0 aromatic carbocycles. The number of anilines is 1. The maximum atomic E-state index is 12.6. The van der Waals surface area contributed by atoms with E-state index >= 15 is 0 Å². The number of thiophene rings is 1. The molecule has 0 spiro atoms. The van der Waals surface area contributed by atoms with Gasteiger partial charge >= 0.3 is 5.97 Å². The summed E-state index contributed by atoms with van der Waals surface area (Å²) in [5, 5.41) is 4.26. The van der Waals surface area contributed by atoms with Crippen molar-refractivity contribution in [2.75, 3.05) is 18.2 Å². The van der Waals surface area contributed by atoms with Crippen molar-refractivity contribution in [3.05, 3.63) is 38.1 Å². The third-order valence-corrected chi connectivity index (χ3v) is 8.00. The van der Waals surface area contributed by atoms with E-state index in [1.165, 1.54) is 36.3 Å². The highest BCUT2D eigenvalue weighted by Gasteiger charge is 2.28. The van der Waals surface area contributed by atoms with Crippen molar-refractivity contribution in [2.24, 2.45) is 5.92 Å². The molecule has 0 radical (unpaired) electrons. The summed E-state index contributed by atoms with van der Waals surface area (Å²) in [6.45, 7) is 6.37. The number of amides is 1. The molecular formula is C21H27N3O4S3.